The molecular weight excluding hydrogens is 305 g/mol. The first-order chi connectivity index (χ1) is 7.16. The maximum Gasteiger partial charge on any atom is 0.352 e. The van der Waals surface area contributed by atoms with Gasteiger partial charge in [0, 0.05) is 16.3 Å². The Balaban J connectivity index is 2.15. The van der Waals surface area contributed by atoms with Crippen LogP contribution in [0.25, 0.3) is 0 Å². The number of aromatic nitrogens is 1. The normalized spacial score (nSPS) is 17.1. The van der Waals surface area contributed by atoms with E-state index in [1.807, 2.05) is 10.8 Å². The first-order valence-electron chi connectivity index (χ1n) is 5.26. The molecule has 0 unspecified atom stereocenters. The third-order valence-electron chi connectivity index (χ3n) is 3.01. The van der Waals surface area contributed by atoms with Crippen LogP contribution in [0.4, 0.5) is 0 Å². The maximum absolute atomic E-state index is 11.0. The minimum Gasteiger partial charge on any atom is -0.477 e. The molecule has 4 heteroatoms. The van der Waals surface area contributed by atoms with Gasteiger partial charge in [0.15, 0.2) is 0 Å². The highest BCUT2D eigenvalue weighted by atomic mass is 127. The van der Waals surface area contributed by atoms with Crippen LogP contribution >= 0.6 is 22.6 Å². The van der Waals surface area contributed by atoms with E-state index < -0.39 is 5.97 Å². The van der Waals surface area contributed by atoms with Gasteiger partial charge >= 0.3 is 5.97 Å². The van der Waals surface area contributed by atoms with E-state index in [0.717, 1.165) is 10.1 Å². The molecule has 0 atom stereocenters. The summed E-state index contributed by atoms with van der Waals surface area (Å²) in [4.78, 5) is 11.0. The number of hydrogen-bond donors (Lipinski definition) is 1. The van der Waals surface area contributed by atoms with Gasteiger partial charge in [-0.25, -0.2) is 4.79 Å². The summed E-state index contributed by atoms with van der Waals surface area (Å²) in [7, 11) is 0. The molecule has 0 radical (unpaired) electrons. The molecule has 0 amide bonds. The molecule has 1 aliphatic carbocycles. The third-order valence-corrected chi connectivity index (χ3v) is 3.60. The van der Waals surface area contributed by atoms with Crippen molar-refractivity contribution in [2.45, 2.75) is 32.2 Å². The minimum absolute atomic E-state index is 0.423. The molecule has 0 aromatic carbocycles. The molecule has 3 nitrogen and oxygen atoms in total. The lowest BCUT2D eigenvalue weighted by atomic mass is 10.1. The Morgan fingerprint density at radius 1 is 1.53 bits per heavy atom. The van der Waals surface area contributed by atoms with E-state index in [-0.39, 0.29) is 0 Å². The topological polar surface area (TPSA) is 42.2 Å². The van der Waals surface area contributed by atoms with E-state index in [9.17, 15) is 4.79 Å². The average Bonchev–Trinajstić information content (AvgIpc) is 2.75. The summed E-state index contributed by atoms with van der Waals surface area (Å²) in [6, 6.07) is 1.73. The van der Waals surface area contributed by atoms with Crippen LogP contribution in [0, 0.1) is 9.49 Å². The van der Waals surface area contributed by atoms with Crippen molar-refractivity contribution in [1.82, 2.24) is 4.57 Å². The number of carbonyl (C=O) groups is 1. The zero-order chi connectivity index (χ0) is 10.8. The Hall–Kier alpha value is -0.520. The first-order valence-corrected chi connectivity index (χ1v) is 6.33. The molecule has 1 heterocycles. The second kappa shape index (κ2) is 4.55. The molecule has 1 N–H and O–H groups in total. The number of rotatable bonds is 3. The smallest absolute Gasteiger partial charge is 0.352 e. The number of hydrogen-bond acceptors (Lipinski definition) is 1. The van der Waals surface area contributed by atoms with Crippen molar-refractivity contribution in [1.29, 1.82) is 0 Å². The van der Waals surface area contributed by atoms with Crippen LogP contribution in [-0.2, 0) is 6.54 Å². The van der Waals surface area contributed by atoms with Crippen molar-refractivity contribution in [3.63, 3.8) is 0 Å². The molecule has 1 fully saturated rings. The van der Waals surface area contributed by atoms with E-state index in [4.69, 9.17) is 5.11 Å². The molecule has 0 spiro atoms. The average molecular weight is 319 g/mol. The van der Waals surface area contributed by atoms with Crippen molar-refractivity contribution in [3.8, 4) is 0 Å². The van der Waals surface area contributed by atoms with Gasteiger partial charge in [0.2, 0.25) is 0 Å². The second-order valence-electron chi connectivity index (χ2n) is 4.15. The highest BCUT2D eigenvalue weighted by molar-refractivity contribution is 14.1. The van der Waals surface area contributed by atoms with E-state index in [2.05, 4.69) is 22.6 Å². The van der Waals surface area contributed by atoms with Gasteiger partial charge in [-0.15, -0.1) is 0 Å². The van der Waals surface area contributed by atoms with E-state index >= 15 is 0 Å². The van der Waals surface area contributed by atoms with Crippen LogP contribution < -0.4 is 0 Å². The van der Waals surface area contributed by atoms with Crippen LogP contribution in [-0.4, -0.2) is 15.6 Å². The fourth-order valence-electron chi connectivity index (χ4n) is 2.28. The zero-order valence-corrected chi connectivity index (χ0v) is 10.6. The molecule has 15 heavy (non-hydrogen) atoms. The highest BCUT2D eigenvalue weighted by Gasteiger charge is 2.18. The molecule has 1 aliphatic rings. The molecule has 1 aromatic rings. The molecule has 0 saturated heterocycles. The number of aromatic carboxylic acids is 1. The lowest BCUT2D eigenvalue weighted by Crippen LogP contribution is -2.12. The molecular formula is C11H14INO2. The lowest BCUT2D eigenvalue weighted by Gasteiger charge is -2.11. The summed E-state index contributed by atoms with van der Waals surface area (Å²) in [5, 5.41) is 9.03. The molecule has 1 saturated carbocycles. The SMILES string of the molecule is O=C(O)c1cc(I)cn1CC1CCCC1. The van der Waals surface area contributed by atoms with Crippen LogP contribution in [0.2, 0.25) is 0 Å². The molecule has 1 aromatic heterocycles. The largest absolute Gasteiger partial charge is 0.477 e. The Labute approximate surface area is 103 Å². The second-order valence-corrected chi connectivity index (χ2v) is 5.40. The monoisotopic (exact) mass is 319 g/mol. The molecule has 0 bridgehead atoms. The van der Waals surface area contributed by atoms with Crippen LogP contribution in [0.1, 0.15) is 36.2 Å². The van der Waals surface area contributed by atoms with E-state index in [1.54, 1.807) is 6.07 Å². The van der Waals surface area contributed by atoms with Crippen molar-refractivity contribution < 1.29 is 9.90 Å². The number of halogens is 1. The van der Waals surface area contributed by atoms with Gasteiger partial charge in [-0.05, 0) is 47.4 Å². The van der Waals surface area contributed by atoms with Gasteiger partial charge in [-0.1, -0.05) is 12.8 Å². The predicted octanol–water partition coefficient (Wildman–Crippen LogP) is 2.98. The summed E-state index contributed by atoms with van der Waals surface area (Å²) in [6.45, 7) is 0.866. The summed E-state index contributed by atoms with van der Waals surface area (Å²) in [5.74, 6) is -0.151. The van der Waals surface area contributed by atoms with Gasteiger partial charge in [-0.2, -0.15) is 0 Å². The van der Waals surface area contributed by atoms with Gasteiger partial charge in [-0.3, -0.25) is 0 Å². The summed E-state index contributed by atoms with van der Waals surface area (Å²) < 4.78 is 2.89. The van der Waals surface area contributed by atoms with Gasteiger partial charge in [0.1, 0.15) is 5.69 Å². The number of carboxylic acid groups (broad SMARTS) is 1. The van der Waals surface area contributed by atoms with Gasteiger partial charge in [0.25, 0.3) is 0 Å². The first kappa shape index (κ1) is 11.0. The Morgan fingerprint density at radius 2 is 2.20 bits per heavy atom. The number of carboxylic acids is 1. The molecule has 2 rings (SSSR count). The Bertz CT molecular complexity index is 367. The fraction of sp³-hybridized carbons (Fsp3) is 0.545. The standard InChI is InChI=1S/C11H14INO2/c12-9-5-10(11(14)15)13(7-9)6-8-3-1-2-4-8/h5,7-8H,1-4,6H2,(H,14,15). The van der Waals surface area contributed by atoms with Gasteiger partial charge in [0.05, 0.1) is 0 Å². The highest BCUT2D eigenvalue weighted by Crippen LogP contribution is 2.27. The third kappa shape index (κ3) is 2.53. The van der Waals surface area contributed by atoms with Crippen LogP contribution in [0.15, 0.2) is 12.3 Å². The van der Waals surface area contributed by atoms with Crippen LogP contribution in [0.3, 0.4) is 0 Å². The lowest BCUT2D eigenvalue weighted by molar-refractivity contribution is 0.0684. The van der Waals surface area contributed by atoms with E-state index in [1.165, 1.54) is 25.7 Å². The molecule has 82 valence electrons. The van der Waals surface area contributed by atoms with Gasteiger partial charge < -0.3 is 9.67 Å². The summed E-state index contributed by atoms with van der Waals surface area (Å²) in [6.07, 6.45) is 7.01. The van der Waals surface area contributed by atoms with Crippen molar-refractivity contribution in [3.05, 3.63) is 21.5 Å². The van der Waals surface area contributed by atoms with E-state index in [0.29, 0.717) is 11.6 Å². The van der Waals surface area contributed by atoms with Crippen molar-refractivity contribution in [2.24, 2.45) is 5.92 Å². The number of nitrogens with zero attached hydrogens (tertiary/aromatic N) is 1. The Morgan fingerprint density at radius 3 is 2.80 bits per heavy atom. The van der Waals surface area contributed by atoms with Crippen LogP contribution in [0.5, 0.6) is 0 Å². The predicted molar refractivity (Wildman–Crippen MR) is 66.1 cm³/mol. The maximum atomic E-state index is 11.0. The minimum atomic E-state index is -0.823. The zero-order valence-electron chi connectivity index (χ0n) is 8.45. The van der Waals surface area contributed by atoms with Crippen molar-refractivity contribution in [2.75, 3.05) is 0 Å². The van der Waals surface area contributed by atoms with Crippen molar-refractivity contribution >= 4 is 28.6 Å². The molecule has 0 aliphatic heterocycles. The fourth-order valence-corrected chi connectivity index (χ4v) is 2.91. The Kier molecular flexibility index (Phi) is 3.33. The summed E-state index contributed by atoms with van der Waals surface area (Å²) >= 11 is 2.16. The quantitative estimate of drug-likeness (QED) is 0.871. The summed E-state index contributed by atoms with van der Waals surface area (Å²) in [5.41, 5.74) is 0.423.